The molecule has 0 amide bonds. The van der Waals surface area contributed by atoms with Crippen LogP contribution in [-0.2, 0) is 16.3 Å². The van der Waals surface area contributed by atoms with Crippen molar-refractivity contribution in [1.82, 2.24) is 5.32 Å². The summed E-state index contributed by atoms with van der Waals surface area (Å²) < 4.78 is 36.1. The molecule has 0 radical (unpaired) electrons. The van der Waals surface area contributed by atoms with E-state index >= 15 is 0 Å². The summed E-state index contributed by atoms with van der Waals surface area (Å²) in [6.45, 7) is 5.35. The molecule has 3 nitrogen and oxygen atoms in total. The summed E-state index contributed by atoms with van der Waals surface area (Å²) in [5, 5.41) is 3.27. The second-order valence-electron chi connectivity index (χ2n) is 5.03. The molecule has 1 rings (SSSR count). The van der Waals surface area contributed by atoms with Crippen LogP contribution in [0, 0.1) is 11.7 Å². The Balaban J connectivity index is 2.61. The first-order valence-electron chi connectivity index (χ1n) is 7.12. The maximum absolute atomic E-state index is 12.9. The van der Waals surface area contributed by atoms with E-state index in [0.29, 0.717) is 6.42 Å². The summed E-state index contributed by atoms with van der Waals surface area (Å²) in [5.74, 6) is 0.422. The molecule has 1 aromatic rings. The molecule has 0 aliphatic heterocycles. The van der Waals surface area contributed by atoms with E-state index in [2.05, 4.69) is 5.32 Å². The molecule has 0 bridgehead atoms. The maximum atomic E-state index is 12.9. The molecule has 1 N–H and O–H groups in total. The lowest BCUT2D eigenvalue weighted by atomic mass is 9.97. The van der Waals surface area contributed by atoms with Crippen LogP contribution < -0.4 is 5.32 Å². The van der Waals surface area contributed by atoms with Crippen LogP contribution in [0.25, 0.3) is 0 Å². The Morgan fingerprint density at radius 3 is 2.40 bits per heavy atom. The van der Waals surface area contributed by atoms with Gasteiger partial charge in [-0.15, -0.1) is 0 Å². The van der Waals surface area contributed by atoms with E-state index in [1.54, 1.807) is 19.1 Å². The van der Waals surface area contributed by atoms with Gasteiger partial charge in [-0.3, -0.25) is 0 Å². The summed E-state index contributed by atoms with van der Waals surface area (Å²) in [6, 6.07) is 6.43. The predicted octanol–water partition coefficient (Wildman–Crippen LogP) is 2.42. The molecule has 0 saturated heterocycles. The van der Waals surface area contributed by atoms with Gasteiger partial charge in [0.1, 0.15) is 15.7 Å². The molecule has 114 valence electrons. The zero-order valence-corrected chi connectivity index (χ0v) is 13.0. The van der Waals surface area contributed by atoms with Gasteiger partial charge in [0.05, 0.1) is 5.75 Å². The van der Waals surface area contributed by atoms with Crippen molar-refractivity contribution in [2.24, 2.45) is 5.92 Å². The fraction of sp³-hybridized carbons (Fsp3) is 0.600. The Morgan fingerprint density at radius 1 is 1.20 bits per heavy atom. The predicted molar refractivity (Wildman–Crippen MR) is 81.1 cm³/mol. The van der Waals surface area contributed by atoms with E-state index < -0.39 is 9.84 Å². The van der Waals surface area contributed by atoms with Crippen molar-refractivity contribution in [3.8, 4) is 0 Å². The van der Waals surface area contributed by atoms with E-state index in [4.69, 9.17) is 0 Å². The van der Waals surface area contributed by atoms with Crippen LogP contribution in [0.1, 0.15) is 25.8 Å². The molecule has 1 unspecified atom stereocenters. The SMILES string of the molecule is CCNCC(CCS(=O)(=O)CC)Cc1ccc(F)cc1. The molecule has 5 heteroatoms. The van der Waals surface area contributed by atoms with Crippen LogP contribution in [0.4, 0.5) is 4.39 Å². The molecule has 0 heterocycles. The Kier molecular flexibility index (Phi) is 7.16. The summed E-state index contributed by atoms with van der Waals surface area (Å²) in [7, 11) is -2.93. The van der Waals surface area contributed by atoms with E-state index in [1.165, 1.54) is 12.1 Å². The lowest BCUT2D eigenvalue weighted by Crippen LogP contribution is -2.26. The van der Waals surface area contributed by atoms with Crippen molar-refractivity contribution in [3.63, 3.8) is 0 Å². The Bertz CT molecular complexity index is 485. The third-order valence-corrected chi connectivity index (χ3v) is 5.13. The highest BCUT2D eigenvalue weighted by Crippen LogP contribution is 2.14. The lowest BCUT2D eigenvalue weighted by Gasteiger charge is -2.17. The number of benzene rings is 1. The number of rotatable bonds is 9. The van der Waals surface area contributed by atoms with Gasteiger partial charge in [-0.25, -0.2) is 12.8 Å². The third-order valence-electron chi connectivity index (χ3n) is 3.40. The lowest BCUT2D eigenvalue weighted by molar-refractivity contribution is 0.464. The van der Waals surface area contributed by atoms with E-state index in [0.717, 1.165) is 25.1 Å². The van der Waals surface area contributed by atoms with Gasteiger partial charge in [0.15, 0.2) is 0 Å². The first-order valence-corrected chi connectivity index (χ1v) is 8.94. The Labute approximate surface area is 121 Å². The Morgan fingerprint density at radius 2 is 1.85 bits per heavy atom. The van der Waals surface area contributed by atoms with Gasteiger partial charge in [0.25, 0.3) is 0 Å². The smallest absolute Gasteiger partial charge is 0.150 e. The molecule has 1 aromatic carbocycles. The fourth-order valence-electron chi connectivity index (χ4n) is 2.07. The van der Waals surface area contributed by atoms with Crippen LogP contribution >= 0.6 is 0 Å². The number of hydrogen-bond acceptors (Lipinski definition) is 3. The van der Waals surface area contributed by atoms with Gasteiger partial charge in [0, 0.05) is 5.75 Å². The van der Waals surface area contributed by atoms with Crippen molar-refractivity contribution < 1.29 is 12.8 Å². The highest BCUT2D eigenvalue weighted by Gasteiger charge is 2.14. The quantitative estimate of drug-likeness (QED) is 0.762. The second kappa shape index (κ2) is 8.37. The fourth-order valence-corrected chi connectivity index (χ4v) is 3.05. The van der Waals surface area contributed by atoms with E-state index in [-0.39, 0.29) is 23.2 Å². The molecule has 20 heavy (non-hydrogen) atoms. The molecule has 0 aromatic heterocycles. The number of halogens is 1. The molecule has 1 atom stereocenters. The van der Waals surface area contributed by atoms with E-state index in [9.17, 15) is 12.8 Å². The number of nitrogens with one attached hydrogen (secondary N) is 1. The topological polar surface area (TPSA) is 46.2 Å². The first-order chi connectivity index (χ1) is 9.46. The van der Waals surface area contributed by atoms with Crippen LogP contribution in [-0.4, -0.2) is 33.0 Å². The average molecular weight is 301 g/mol. The van der Waals surface area contributed by atoms with Crippen molar-refractivity contribution in [2.75, 3.05) is 24.6 Å². The molecule has 0 spiro atoms. The zero-order chi connectivity index (χ0) is 15.0. The maximum Gasteiger partial charge on any atom is 0.150 e. The highest BCUT2D eigenvalue weighted by atomic mass is 32.2. The van der Waals surface area contributed by atoms with Gasteiger partial charge in [-0.1, -0.05) is 26.0 Å². The molecular formula is C15H24FNO2S. The normalized spacial score (nSPS) is 13.3. The molecule has 0 aliphatic carbocycles. The summed E-state index contributed by atoms with van der Waals surface area (Å²) in [6.07, 6.45) is 1.41. The van der Waals surface area contributed by atoms with E-state index in [1.807, 2.05) is 6.92 Å². The molecule has 0 aliphatic rings. The minimum Gasteiger partial charge on any atom is -0.317 e. The summed E-state index contributed by atoms with van der Waals surface area (Å²) in [5.41, 5.74) is 1.04. The number of sulfone groups is 1. The van der Waals surface area contributed by atoms with Gasteiger partial charge in [-0.2, -0.15) is 0 Å². The summed E-state index contributed by atoms with van der Waals surface area (Å²) >= 11 is 0. The number of hydrogen-bond donors (Lipinski definition) is 1. The largest absolute Gasteiger partial charge is 0.317 e. The van der Waals surface area contributed by atoms with Gasteiger partial charge < -0.3 is 5.32 Å². The highest BCUT2D eigenvalue weighted by molar-refractivity contribution is 7.91. The molecule has 0 saturated carbocycles. The van der Waals surface area contributed by atoms with Gasteiger partial charge >= 0.3 is 0 Å². The molecular weight excluding hydrogens is 277 g/mol. The van der Waals surface area contributed by atoms with Crippen molar-refractivity contribution in [2.45, 2.75) is 26.7 Å². The third kappa shape index (κ3) is 6.48. The molecule has 0 fully saturated rings. The van der Waals surface area contributed by atoms with Gasteiger partial charge in [0.2, 0.25) is 0 Å². The monoisotopic (exact) mass is 301 g/mol. The summed E-state index contributed by atoms with van der Waals surface area (Å²) in [4.78, 5) is 0. The van der Waals surface area contributed by atoms with Crippen LogP contribution in [0.2, 0.25) is 0 Å². The zero-order valence-electron chi connectivity index (χ0n) is 12.2. The van der Waals surface area contributed by atoms with Crippen LogP contribution in [0.3, 0.4) is 0 Å². The minimum absolute atomic E-state index is 0.192. The first kappa shape index (κ1) is 17.1. The van der Waals surface area contributed by atoms with Crippen LogP contribution in [0.5, 0.6) is 0 Å². The Hall–Kier alpha value is -0.940. The van der Waals surface area contributed by atoms with Crippen LogP contribution in [0.15, 0.2) is 24.3 Å². The second-order valence-corrected chi connectivity index (χ2v) is 7.50. The van der Waals surface area contributed by atoms with Crippen molar-refractivity contribution in [1.29, 1.82) is 0 Å². The standard InChI is InChI=1S/C15H24FNO2S/c1-3-17-12-14(9-10-20(18,19)4-2)11-13-5-7-15(16)8-6-13/h5-8,14,17H,3-4,9-12H2,1-2H3. The average Bonchev–Trinajstić information content (AvgIpc) is 2.44. The van der Waals surface area contributed by atoms with Crippen molar-refractivity contribution >= 4 is 9.84 Å². The van der Waals surface area contributed by atoms with Gasteiger partial charge in [-0.05, 0) is 49.5 Å². The minimum atomic E-state index is -2.93. The van der Waals surface area contributed by atoms with Crippen molar-refractivity contribution in [3.05, 3.63) is 35.6 Å².